The zero-order valence-corrected chi connectivity index (χ0v) is 12.5. The highest BCUT2D eigenvalue weighted by atomic mass is 79.9. The van der Waals surface area contributed by atoms with E-state index in [2.05, 4.69) is 45.1 Å². The molecule has 0 N–H and O–H groups in total. The van der Waals surface area contributed by atoms with Crippen LogP contribution in [0.2, 0.25) is 0 Å². The summed E-state index contributed by atoms with van der Waals surface area (Å²) >= 11 is 3.77. The normalized spacial score (nSPS) is 33.6. The molecule has 2 fully saturated rings. The van der Waals surface area contributed by atoms with Crippen molar-refractivity contribution in [1.29, 1.82) is 0 Å². The van der Waals surface area contributed by atoms with E-state index >= 15 is 0 Å². The van der Waals surface area contributed by atoms with Crippen molar-refractivity contribution in [2.75, 3.05) is 13.7 Å². The van der Waals surface area contributed by atoms with E-state index in [4.69, 9.17) is 4.74 Å². The molecule has 0 spiro atoms. The maximum atomic E-state index is 11.9. The highest BCUT2D eigenvalue weighted by Gasteiger charge is 2.54. The van der Waals surface area contributed by atoms with Gasteiger partial charge in [-0.25, -0.2) is 0 Å². The first kappa shape index (κ1) is 13.1. The summed E-state index contributed by atoms with van der Waals surface area (Å²) in [5.41, 5.74) is 1.30. The molecule has 3 nitrogen and oxygen atoms in total. The fourth-order valence-electron chi connectivity index (χ4n) is 3.53. The molecule has 1 aromatic rings. The number of methoxy groups -OCH3 is 1. The number of halogens is 1. The second-order valence-corrected chi connectivity index (χ2v) is 6.53. The quantitative estimate of drug-likeness (QED) is 0.632. The highest BCUT2D eigenvalue weighted by Crippen LogP contribution is 2.46. The summed E-state index contributed by atoms with van der Waals surface area (Å²) in [4.78, 5) is 14.7. The minimum atomic E-state index is -0.0605. The standard InChI is InChI=1S/C15H18BrNO2/c1-19-15(18)12-7-11-9-17(14(12)13(11)16)8-10-5-3-2-4-6-10/h2-6,11-14H,7-9H2,1H3/t11-,12+,13+,14+/m0/s1. The van der Waals surface area contributed by atoms with Gasteiger partial charge in [-0.15, -0.1) is 0 Å². The Bertz CT molecular complexity index is 464. The third-order valence-electron chi connectivity index (χ3n) is 4.37. The number of benzene rings is 1. The minimum Gasteiger partial charge on any atom is -0.469 e. The highest BCUT2D eigenvalue weighted by molar-refractivity contribution is 9.09. The Balaban J connectivity index is 1.76. The zero-order valence-electron chi connectivity index (χ0n) is 11.0. The first-order chi connectivity index (χ1) is 9.20. The lowest BCUT2D eigenvalue weighted by Crippen LogP contribution is -2.42. The summed E-state index contributed by atoms with van der Waals surface area (Å²) < 4.78 is 4.95. The Hall–Kier alpha value is -0.870. The van der Waals surface area contributed by atoms with Crippen LogP contribution in [-0.2, 0) is 16.1 Å². The number of likely N-dealkylation sites (tertiary alicyclic amines) is 1. The van der Waals surface area contributed by atoms with Crippen molar-refractivity contribution in [3.8, 4) is 0 Å². The van der Waals surface area contributed by atoms with Crippen LogP contribution in [0.5, 0.6) is 0 Å². The molecule has 4 heteroatoms. The molecular formula is C15H18BrNO2. The maximum Gasteiger partial charge on any atom is 0.310 e. The van der Waals surface area contributed by atoms with Crippen LogP contribution >= 0.6 is 15.9 Å². The number of nitrogens with zero attached hydrogens (tertiary/aromatic N) is 1. The van der Waals surface area contributed by atoms with E-state index in [9.17, 15) is 4.79 Å². The van der Waals surface area contributed by atoms with E-state index in [0.717, 1.165) is 19.5 Å². The first-order valence-electron chi connectivity index (χ1n) is 6.70. The molecule has 3 rings (SSSR count). The molecule has 1 aliphatic carbocycles. The number of hydrogen-bond donors (Lipinski definition) is 0. The molecule has 0 amide bonds. The van der Waals surface area contributed by atoms with Crippen LogP contribution in [0.4, 0.5) is 0 Å². The predicted octanol–water partition coefficient (Wildman–Crippen LogP) is 2.44. The van der Waals surface area contributed by atoms with Gasteiger partial charge < -0.3 is 4.74 Å². The molecule has 4 atom stereocenters. The molecule has 1 aromatic carbocycles. The van der Waals surface area contributed by atoms with Gasteiger partial charge in [-0.3, -0.25) is 9.69 Å². The van der Waals surface area contributed by atoms with Crippen molar-refractivity contribution in [2.45, 2.75) is 23.8 Å². The average Bonchev–Trinajstić information content (AvgIpc) is 2.91. The summed E-state index contributed by atoms with van der Waals surface area (Å²) in [6.45, 7) is 1.99. The van der Waals surface area contributed by atoms with Gasteiger partial charge in [0.25, 0.3) is 0 Å². The maximum absolute atomic E-state index is 11.9. The number of esters is 1. The lowest BCUT2D eigenvalue weighted by atomic mass is 9.98. The minimum absolute atomic E-state index is 0.0248. The molecule has 0 aromatic heterocycles. The molecule has 2 aliphatic rings. The summed E-state index contributed by atoms with van der Waals surface area (Å²) in [5.74, 6) is 0.532. The van der Waals surface area contributed by atoms with Crippen molar-refractivity contribution < 1.29 is 9.53 Å². The number of alkyl halides is 1. The van der Waals surface area contributed by atoms with Gasteiger partial charge >= 0.3 is 5.97 Å². The number of rotatable bonds is 3. The van der Waals surface area contributed by atoms with Crippen molar-refractivity contribution in [1.82, 2.24) is 4.90 Å². The average molecular weight is 324 g/mol. The number of carbonyl (C=O) groups excluding carboxylic acids is 1. The van der Waals surface area contributed by atoms with Gasteiger partial charge in [0.1, 0.15) is 0 Å². The molecule has 1 aliphatic heterocycles. The largest absolute Gasteiger partial charge is 0.469 e. The molecule has 1 heterocycles. The summed E-state index contributed by atoms with van der Waals surface area (Å²) in [7, 11) is 1.49. The lowest BCUT2D eigenvalue weighted by Gasteiger charge is -2.31. The van der Waals surface area contributed by atoms with E-state index in [1.165, 1.54) is 12.7 Å². The Morgan fingerprint density at radius 2 is 2.16 bits per heavy atom. The van der Waals surface area contributed by atoms with Gasteiger partial charge in [-0.1, -0.05) is 46.3 Å². The van der Waals surface area contributed by atoms with Gasteiger partial charge in [0, 0.05) is 24.0 Å². The van der Waals surface area contributed by atoms with Gasteiger partial charge in [0.15, 0.2) is 0 Å². The summed E-state index contributed by atoms with van der Waals surface area (Å²) in [6, 6.07) is 10.7. The Kier molecular flexibility index (Phi) is 3.63. The second kappa shape index (κ2) is 5.25. The van der Waals surface area contributed by atoms with Gasteiger partial charge in [-0.05, 0) is 17.9 Å². The molecule has 0 radical (unpaired) electrons. The Labute approximate surface area is 122 Å². The van der Waals surface area contributed by atoms with E-state index in [1.54, 1.807) is 0 Å². The number of ether oxygens (including phenoxy) is 1. The lowest BCUT2D eigenvalue weighted by molar-refractivity contribution is -0.148. The second-order valence-electron chi connectivity index (χ2n) is 5.48. The third kappa shape index (κ3) is 2.32. The molecule has 0 unspecified atom stereocenters. The van der Waals surface area contributed by atoms with Crippen molar-refractivity contribution in [2.24, 2.45) is 11.8 Å². The number of carbonyl (C=O) groups is 1. The van der Waals surface area contributed by atoms with E-state index in [0.29, 0.717) is 10.7 Å². The predicted molar refractivity (Wildman–Crippen MR) is 77.0 cm³/mol. The van der Waals surface area contributed by atoms with E-state index in [1.807, 2.05) is 6.07 Å². The smallest absolute Gasteiger partial charge is 0.310 e. The van der Waals surface area contributed by atoms with Gasteiger partial charge in [0.05, 0.1) is 13.0 Å². The van der Waals surface area contributed by atoms with E-state index < -0.39 is 0 Å². The van der Waals surface area contributed by atoms with Crippen molar-refractivity contribution in [3.05, 3.63) is 35.9 Å². The van der Waals surface area contributed by atoms with Crippen LogP contribution in [0.1, 0.15) is 12.0 Å². The monoisotopic (exact) mass is 323 g/mol. The topological polar surface area (TPSA) is 29.5 Å². The fourth-order valence-corrected chi connectivity index (χ4v) is 4.61. The SMILES string of the molecule is COC(=O)[C@@H]1C[C@H]2CN(Cc3ccccc3)[C@H]1[C@@H]2Br. The van der Waals surface area contributed by atoms with Gasteiger partial charge in [0.2, 0.25) is 0 Å². The summed E-state index contributed by atoms with van der Waals surface area (Å²) in [6.07, 6.45) is 0.957. The zero-order chi connectivity index (χ0) is 13.4. The van der Waals surface area contributed by atoms with Crippen molar-refractivity contribution in [3.63, 3.8) is 0 Å². The molecule has 2 bridgehead atoms. The van der Waals surface area contributed by atoms with Crippen molar-refractivity contribution >= 4 is 21.9 Å². The molecule has 1 saturated carbocycles. The fraction of sp³-hybridized carbons (Fsp3) is 0.533. The molecule has 1 saturated heterocycles. The molecule has 102 valence electrons. The first-order valence-corrected chi connectivity index (χ1v) is 7.62. The molecular weight excluding hydrogens is 306 g/mol. The van der Waals surface area contributed by atoms with Gasteiger partial charge in [-0.2, -0.15) is 0 Å². The third-order valence-corrected chi connectivity index (χ3v) is 5.66. The summed E-state index contributed by atoms with van der Waals surface area (Å²) in [5, 5.41) is 0. The molecule has 19 heavy (non-hydrogen) atoms. The number of piperidine rings is 1. The van der Waals surface area contributed by atoms with Crippen LogP contribution in [0.15, 0.2) is 30.3 Å². The van der Waals surface area contributed by atoms with Crippen LogP contribution in [-0.4, -0.2) is 35.4 Å². The Morgan fingerprint density at radius 1 is 1.42 bits per heavy atom. The van der Waals surface area contributed by atoms with Crippen LogP contribution in [0.25, 0.3) is 0 Å². The van der Waals surface area contributed by atoms with Crippen LogP contribution < -0.4 is 0 Å². The van der Waals surface area contributed by atoms with Crippen LogP contribution in [0.3, 0.4) is 0 Å². The number of fused-ring (bicyclic) bond motifs is 2. The van der Waals surface area contributed by atoms with Crippen LogP contribution in [0, 0.1) is 11.8 Å². The van der Waals surface area contributed by atoms with E-state index in [-0.39, 0.29) is 17.9 Å². The Morgan fingerprint density at radius 3 is 2.79 bits per heavy atom. The number of hydrogen-bond acceptors (Lipinski definition) is 3.